The standard InChI is InChI=1S/C21H22ClNO4/c1-25-18-8-7-16(22)10-17(18)20(24)14-5-3-9-23(11-14)12-15-4-2-6-19-21(15)27-13-26-19/h2,4,6-8,10,14H,3,5,9,11-13H2,1H3/t14-/m0/s1. The van der Waals surface area contributed by atoms with Crippen LogP contribution >= 0.6 is 11.6 Å². The number of ketones is 1. The third-order valence-electron chi connectivity index (χ3n) is 5.18. The summed E-state index contributed by atoms with van der Waals surface area (Å²) in [5.74, 6) is 2.22. The molecule has 0 aromatic heterocycles. The van der Waals surface area contributed by atoms with Crippen molar-refractivity contribution in [2.45, 2.75) is 19.4 Å². The van der Waals surface area contributed by atoms with Crippen LogP contribution in [0, 0.1) is 5.92 Å². The summed E-state index contributed by atoms with van der Waals surface area (Å²) in [4.78, 5) is 15.4. The number of hydrogen-bond donors (Lipinski definition) is 0. The lowest BCUT2D eigenvalue weighted by atomic mass is 9.89. The molecule has 2 heterocycles. The number of carbonyl (C=O) groups excluding carboxylic acids is 1. The highest BCUT2D eigenvalue weighted by Crippen LogP contribution is 2.36. The van der Waals surface area contributed by atoms with E-state index in [2.05, 4.69) is 11.0 Å². The second-order valence-corrected chi connectivity index (χ2v) is 7.37. The number of likely N-dealkylation sites (tertiary alicyclic amines) is 1. The summed E-state index contributed by atoms with van der Waals surface area (Å²) < 4.78 is 16.4. The third kappa shape index (κ3) is 3.75. The van der Waals surface area contributed by atoms with Crippen molar-refractivity contribution in [2.75, 3.05) is 27.0 Å². The van der Waals surface area contributed by atoms with Crippen molar-refractivity contribution < 1.29 is 19.0 Å². The lowest BCUT2D eigenvalue weighted by molar-refractivity contribution is 0.0807. The van der Waals surface area contributed by atoms with Crippen LogP contribution in [0.2, 0.25) is 5.02 Å². The van der Waals surface area contributed by atoms with Crippen molar-refractivity contribution in [1.82, 2.24) is 4.90 Å². The fourth-order valence-electron chi connectivity index (χ4n) is 3.86. The Morgan fingerprint density at radius 3 is 3.04 bits per heavy atom. The van der Waals surface area contributed by atoms with Gasteiger partial charge in [0.1, 0.15) is 5.75 Å². The Labute approximate surface area is 163 Å². The van der Waals surface area contributed by atoms with Gasteiger partial charge in [0.25, 0.3) is 0 Å². The van der Waals surface area contributed by atoms with Crippen molar-refractivity contribution in [3.63, 3.8) is 0 Å². The van der Waals surface area contributed by atoms with E-state index in [1.165, 1.54) is 0 Å². The van der Waals surface area contributed by atoms with Crippen molar-refractivity contribution in [1.29, 1.82) is 0 Å². The smallest absolute Gasteiger partial charge is 0.231 e. The van der Waals surface area contributed by atoms with Gasteiger partial charge in [-0.15, -0.1) is 0 Å². The topological polar surface area (TPSA) is 48.0 Å². The molecule has 0 bridgehead atoms. The van der Waals surface area contributed by atoms with Crippen molar-refractivity contribution >= 4 is 17.4 Å². The molecule has 5 nitrogen and oxygen atoms in total. The largest absolute Gasteiger partial charge is 0.496 e. The van der Waals surface area contributed by atoms with Crippen molar-refractivity contribution in [2.24, 2.45) is 5.92 Å². The molecule has 0 unspecified atom stereocenters. The Kier molecular flexibility index (Phi) is 5.23. The molecule has 1 fully saturated rings. The SMILES string of the molecule is COc1ccc(Cl)cc1C(=O)[C@H]1CCCN(Cc2cccc3c2OCO3)C1. The summed E-state index contributed by atoms with van der Waals surface area (Å²) in [7, 11) is 1.57. The van der Waals surface area contributed by atoms with Gasteiger partial charge in [-0.3, -0.25) is 9.69 Å². The number of halogens is 1. The van der Waals surface area contributed by atoms with Crippen molar-refractivity contribution in [3.05, 3.63) is 52.5 Å². The minimum Gasteiger partial charge on any atom is -0.496 e. The first-order chi connectivity index (χ1) is 13.2. The van der Waals surface area contributed by atoms with E-state index in [0.717, 1.165) is 43.0 Å². The van der Waals surface area contributed by atoms with Gasteiger partial charge < -0.3 is 14.2 Å². The molecule has 0 spiro atoms. The average molecular weight is 388 g/mol. The molecule has 2 aliphatic heterocycles. The quantitative estimate of drug-likeness (QED) is 0.720. The number of nitrogens with zero attached hydrogens (tertiary/aromatic N) is 1. The Morgan fingerprint density at radius 1 is 1.30 bits per heavy atom. The van der Waals surface area contributed by atoms with Crippen molar-refractivity contribution in [3.8, 4) is 17.2 Å². The minimum absolute atomic E-state index is 0.0694. The molecule has 6 heteroatoms. The Morgan fingerprint density at radius 2 is 2.19 bits per heavy atom. The summed E-state index contributed by atoms with van der Waals surface area (Å²) >= 11 is 6.10. The lowest BCUT2D eigenvalue weighted by Crippen LogP contribution is -2.38. The van der Waals surface area contributed by atoms with Gasteiger partial charge in [-0.25, -0.2) is 0 Å². The zero-order valence-corrected chi connectivity index (χ0v) is 16.0. The van der Waals surface area contributed by atoms with Gasteiger partial charge >= 0.3 is 0 Å². The molecular weight excluding hydrogens is 366 g/mol. The number of benzene rings is 2. The number of piperidine rings is 1. The summed E-state index contributed by atoms with van der Waals surface area (Å²) in [6, 6.07) is 11.1. The fraction of sp³-hybridized carbons (Fsp3) is 0.381. The molecule has 0 saturated carbocycles. The molecule has 2 aliphatic rings. The van der Waals surface area contributed by atoms with Gasteiger partial charge in [0.2, 0.25) is 6.79 Å². The van der Waals surface area contributed by atoms with Crippen LogP contribution in [-0.4, -0.2) is 37.7 Å². The second-order valence-electron chi connectivity index (χ2n) is 6.93. The van der Waals surface area contributed by atoms with Crippen LogP contribution in [0.25, 0.3) is 0 Å². The monoisotopic (exact) mass is 387 g/mol. The van der Waals surface area contributed by atoms with Crippen LogP contribution in [0.3, 0.4) is 0 Å². The first-order valence-corrected chi connectivity index (χ1v) is 9.51. The van der Waals surface area contributed by atoms with E-state index in [9.17, 15) is 4.79 Å². The molecule has 0 radical (unpaired) electrons. The van der Waals surface area contributed by atoms with E-state index in [0.29, 0.717) is 22.9 Å². The highest BCUT2D eigenvalue weighted by atomic mass is 35.5. The van der Waals surface area contributed by atoms with E-state index in [-0.39, 0.29) is 18.5 Å². The second kappa shape index (κ2) is 7.79. The number of hydrogen-bond acceptors (Lipinski definition) is 5. The highest BCUT2D eigenvalue weighted by Gasteiger charge is 2.29. The molecule has 27 heavy (non-hydrogen) atoms. The molecule has 0 amide bonds. The highest BCUT2D eigenvalue weighted by molar-refractivity contribution is 6.31. The number of carbonyl (C=O) groups is 1. The zero-order valence-electron chi connectivity index (χ0n) is 15.2. The van der Waals surface area contributed by atoms with Gasteiger partial charge in [0.15, 0.2) is 17.3 Å². The van der Waals surface area contributed by atoms with E-state index in [4.69, 9.17) is 25.8 Å². The normalized spacial score (nSPS) is 19.1. The van der Waals surface area contributed by atoms with Crippen LogP contribution in [0.4, 0.5) is 0 Å². The van der Waals surface area contributed by atoms with Crippen LogP contribution in [0.15, 0.2) is 36.4 Å². The molecule has 0 N–H and O–H groups in total. The van der Waals surface area contributed by atoms with Gasteiger partial charge in [-0.05, 0) is 43.7 Å². The number of fused-ring (bicyclic) bond motifs is 1. The number of Topliss-reactive ketones (excluding diaryl/α,β-unsaturated/α-hetero) is 1. The lowest BCUT2D eigenvalue weighted by Gasteiger charge is -2.32. The molecule has 142 valence electrons. The summed E-state index contributed by atoms with van der Waals surface area (Å²) in [5, 5.41) is 0.545. The molecule has 4 rings (SSSR count). The molecule has 2 aromatic rings. The number of ether oxygens (including phenoxy) is 3. The summed E-state index contributed by atoms with van der Waals surface area (Å²) in [6.07, 6.45) is 1.85. The predicted molar refractivity (Wildman–Crippen MR) is 103 cm³/mol. The number of rotatable bonds is 5. The first-order valence-electron chi connectivity index (χ1n) is 9.13. The van der Waals surface area contributed by atoms with E-state index in [1.807, 2.05) is 12.1 Å². The molecule has 1 saturated heterocycles. The van der Waals surface area contributed by atoms with Crippen LogP contribution in [0.1, 0.15) is 28.8 Å². The molecular formula is C21H22ClNO4. The van der Waals surface area contributed by atoms with Gasteiger partial charge in [-0.2, -0.15) is 0 Å². The third-order valence-corrected chi connectivity index (χ3v) is 5.41. The van der Waals surface area contributed by atoms with Gasteiger partial charge in [0.05, 0.1) is 12.7 Å². The number of methoxy groups -OCH3 is 1. The maximum absolute atomic E-state index is 13.1. The first kappa shape index (κ1) is 18.1. The van der Waals surface area contributed by atoms with Gasteiger partial charge in [-0.1, -0.05) is 23.7 Å². The minimum atomic E-state index is -0.0694. The molecule has 1 atom stereocenters. The Balaban J connectivity index is 1.49. The predicted octanol–water partition coefficient (Wildman–Crippen LogP) is 4.17. The van der Waals surface area contributed by atoms with Crippen LogP contribution in [0.5, 0.6) is 17.2 Å². The van der Waals surface area contributed by atoms with E-state index in [1.54, 1.807) is 25.3 Å². The Hall–Kier alpha value is -2.24. The van der Waals surface area contributed by atoms with Crippen LogP contribution in [-0.2, 0) is 6.54 Å². The fourth-order valence-corrected chi connectivity index (χ4v) is 4.03. The maximum atomic E-state index is 13.1. The van der Waals surface area contributed by atoms with Crippen LogP contribution < -0.4 is 14.2 Å². The number of para-hydroxylation sites is 1. The zero-order chi connectivity index (χ0) is 18.8. The van der Waals surface area contributed by atoms with E-state index >= 15 is 0 Å². The molecule has 0 aliphatic carbocycles. The average Bonchev–Trinajstić information content (AvgIpc) is 3.17. The molecule has 2 aromatic carbocycles. The summed E-state index contributed by atoms with van der Waals surface area (Å²) in [6.45, 7) is 2.67. The maximum Gasteiger partial charge on any atom is 0.231 e. The Bertz CT molecular complexity index is 854. The van der Waals surface area contributed by atoms with Gasteiger partial charge in [0, 0.05) is 29.6 Å². The summed E-state index contributed by atoms with van der Waals surface area (Å²) in [5.41, 5.74) is 1.66. The van der Waals surface area contributed by atoms with E-state index < -0.39 is 0 Å².